The maximum atomic E-state index is 12.5. The van der Waals surface area contributed by atoms with Crippen LogP contribution in [-0.4, -0.2) is 56.1 Å². The van der Waals surface area contributed by atoms with Crippen molar-refractivity contribution in [2.75, 3.05) is 29.2 Å². The predicted octanol–water partition coefficient (Wildman–Crippen LogP) is 2.19. The molecule has 3 rings (SSSR count). The fourth-order valence-electron chi connectivity index (χ4n) is 3.13. The lowest BCUT2D eigenvalue weighted by atomic mass is 10.2. The number of aryl methyl sites for hydroxylation is 1. The van der Waals surface area contributed by atoms with Crippen molar-refractivity contribution in [2.24, 2.45) is 0 Å². The first-order valence-corrected chi connectivity index (χ1v) is 12.8. The molecule has 0 aliphatic carbocycles. The lowest BCUT2D eigenvalue weighted by Gasteiger charge is -2.12. The third-order valence-corrected chi connectivity index (χ3v) is 7.57. The smallest absolute Gasteiger partial charge is 0.339 e. The number of amides is 2. The summed E-state index contributed by atoms with van der Waals surface area (Å²) in [5.41, 5.74) is 2.03. The summed E-state index contributed by atoms with van der Waals surface area (Å²) in [6.45, 7) is 1.45. The first kappa shape index (κ1) is 23.8. The van der Waals surface area contributed by atoms with Crippen molar-refractivity contribution in [3.05, 3.63) is 59.7 Å². The number of hydrogen-bond acceptors (Lipinski definition) is 7. The van der Waals surface area contributed by atoms with E-state index in [0.717, 1.165) is 5.56 Å². The zero-order valence-corrected chi connectivity index (χ0v) is 19.1. The monoisotopic (exact) mass is 476 g/mol. The summed E-state index contributed by atoms with van der Waals surface area (Å²) in [6.07, 6.45) is 0.353. The Hall–Kier alpha value is -2.85. The number of carbonyl (C=O) groups excluding carboxylic acids is 3. The molecule has 0 radical (unpaired) electrons. The van der Waals surface area contributed by atoms with Gasteiger partial charge < -0.3 is 15.4 Å². The van der Waals surface area contributed by atoms with Crippen LogP contribution < -0.4 is 10.6 Å². The Labute approximate surface area is 191 Å². The Morgan fingerprint density at radius 1 is 1.06 bits per heavy atom. The summed E-state index contributed by atoms with van der Waals surface area (Å²) in [4.78, 5) is 37.3. The van der Waals surface area contributed by atoms with E-state index >= 15 is 0 Å². The van der Waals surface area contributed by atoms with E-state index in [9.17, 15) is 22.8 Å². The van der Waals surface area contributed by atoms with Gasteiger partial charge in [0.25, 0.3) is 5.91 Å². The van der Waals surface area contributed by atoms with Crippen LogP contribution in [0.15, 0.2) is 53.4 Å². The second-order valence-corrected chi connectivity index (χ2v) is 10.7. The maximum absolute atomic E-state index is 12.5. The molecule has 1 aliphatic heterocycles. The Morgan fingerprint density at radius 2 is 1.78 bits per heavy atom. The molecule has 2 amide bonds. The van der Waals surface area contributed by atoms with Gasteiger partial charge in [0.2, 0.25) is 5.91 Å². The molecule has 10 heteroatoms. The van der Waals surface area contributed by atoms with Gasteiger partial charge in [0.05, 0.1) is 22.8 Å². The normalized spacial score (nSPS) is 16.8. The molecule has 0 bridgehead atoms. The van der Waals surface area contributed by atoms with E-state index < -0.39 is 34.4 Å². The molecular weight excluding hydrogens is 452 g/mol. The van der Waals surface area contributed by atoms with Crippen molar-refractivity contribution >= 4 is 45.1 Å². The Morgan fingerprint density at radius 3 is 2.47 bits per heavy atom. The van der Waals surface area contributed by atoms with E-state index in [1.165, 1.54) is 11.8 Å². The minimum atomic E-state index is -3.11. The molecule has 1 heterocycles. The molecule has 1 atom stereocenters. The number of rotatable bonds is 8. The molecule has 2 N–H and O–H groups in total. The quantitative estimate of drug-likeness (QED) is 0.443. The molecule has 1 aliphatic rings. The third-order valence-electron chi connectivity index (χ3n) is 4.73. The third kappa shape index (κ3) is 7.10. The number of sulfone groups is 1. The van der Waals surface area contributed by atoms with Gasteiger partial charge in [0, 0.05) is 16.6 Å². The number of ether oxygens (including phenoxy) is 1. The molecule has 1 fully saturated rings. The summed E-state index contributed by atoms with van der Waals surface area (Å²) in [7, 11) is -3.11. The number of esters is 1. The number of benzene rings is 2. The van der Waals surface area contributed by atoms with E-state index in [0.29, 0.717) is 17.0 Å². The molecule has 170 valence electrons. The van der Waals surface area contributed by atoms with E-state index in [1.54, 1.807) is 24.3 Å². The van der Waals surface area contributed by atoms with Gasteiger partial charge in [-0.05, 0) is 37.6 Å². The standard InChI is InChI=1S/C22H24N2O6S2/c1-15-6-8-16(9-7-15)23-21(26)13-31-19-5-3-2-4-18(19)22(27)30-12-20(25)24-17-10-11-32(28,29)14-17/h2-9,17H,10-14H2,1H3,(H,23,26)(H,24,25). The first-order valence-electron chi connectivity index (χ1n) is 9.97. The van der Waals surface area contributed by atoms with Gasteiger partial charge in [-0.1, -0.05) is 29.8 Å². The summed E-state index contributed by atoms with van der Waals surface area (Å²) in [5, 5.41) is 5.37. The van der Waals surface area contributed by atoms with Crippen molar-refractivity contribution in [3.8, 4) is 0 Å². The second-order valence-electron chi connectivity index (χ2n) is 7.44. The number of carbonyl (C=O) groups is 3. The molecule has 2 aromatic carbocycles. The summed E-state index contributed by atoms with van der Waals surface area (Å²) < 4.78 is 28.0. The van der Waals surface area contributed by atoms with Crippen LogP contribution in [0, 0.1) is 6.92 Å². The van der Waals surface area contributed by atoms with Gasteiger partial charge in [-0.2, -0.15) is 0 Å². The second kappa shape index (κ2) is 10.6. The number of thioether (sulfide) groups is 1. The SMILES string of the molecule is Cc1ccc(NC(=O)CSc2ccccc2C(=O)OCC(=O)NC2CCS(=O)(=O)C2)cc1. The highest BCUT2D eigenvalue weighted by Gasteiger charge is 2.29. The highest BCUT2D eigenvalue weighted by molar-refractivity contribution is 8.00. The molecule has 0 aromatic heterocycles. The van der Waals surface area contributed by atoms with Gasteiger partial charge in [-0.25, -0.2) is 13.2 Å². The largest absolute Gasteiger partial charge is 0.452 e. The van der Waals surface area contributed by atoms with Crippen LogP contribution in [0.3, 0.4) is 0 Å². The van der Waals surface area contributed by atoms with Gasteiger partial charge >= 0.3 is 5.97 Å². The Balaban J connectivity index is 1.50. The minimum Gasteiger partial charge on any atom is -0.452 e. The van der Waals surface area contributed by atoms with E-state index in [4.69, 9.17) is 4.74 Å². The summed E-state index contributed by atoms with van der Waals surface area (Å²) in [5.74, 6) is -1.43. The molecule has 2 aromatic rings. The first-order chi connectivity index (χ1) is 15.2. The zero-order valence-electron chi connectivity index (χ0n) is 17.5. The van der Waals surface area contributed by atoms with Gasteiger partial charge in [0.15, 0.2) is 16.4 Å². The highest BCUT2D eigenvalue weighted by Crippen LogP contribution is 2.24. The minimum absolute atomic E-state index is 0.0415. The van der Waals surface area contributed by atoms with Gasteiger partial charge in [0.1, 0.15) is 0 Å². The van der Waals surface area contributed by atoms with Crippen molar-refractivity contribution in [1.82, 2.24) is 5.32 Å². The number of anilines is 1. The topological polar surface area (TPSA) is 119 Å². The lowest BCUT2D eigenvalue weighted by Crippen LogP contribution is -2.38. The van der Waals surface area contributed by atoms with E-state index in [-0.39, 0.29) is 28.7 Å². The van der Waals surface area contributed by atoms with Crippen molar-refractivity contribution in [3.63, 3.8) is 0 Å². The molecule has 1 saturated heterocycles. The van der Waals surface area contributed by atoms with Crippen LogP contribution in [0.2, 0.25) is 0 Å². The zero-order chi connectivity index (χ0) is 23.1. The molecule has 32 heavy (non-hydrogen) atoms. The number of hydrogen-bond donors (Lipinski definition) is 2. The van der Waals surface area contributed by atoms with Crippen LogP contribution in [-0.2, 0) is 24.2 Å². The fraction of sp³-hybridized carbons (Fsp3) is 0.318. The van der Waals surface area contributed by atoms with Crippen LogP contribution in [0.25, 0.3) is 0 Å². The average molecular weight is 477 g/mol. The number of nitrogens with one attached hydrogen (secondary N) is 2. The van der Waals surface area contributed by atoms with Crippen molar-refractivity contribution < 1.29 is 27.5 Å². The van der Waals surface area contributed by atoms with Crippen LogP contribution in [0.1, 0.15) is 22.3 Å². The molecule has 1 unspecified atom stereocenters. The fourth-order valence-corrected chi connectivity index (χ4v) is 5.64. The molecule has 0 spiro atoms. The molecule has 8 nitrogen and oxygen atoms in total. The predicted molar refractivity (Wildman–Crippen MR) is 122 cm³/mol. The van der Waals surface area contributed by atoms with Crippen molar-refractivity contribution in [1.29, 1.82) is 0 Å². The lowest BCUT2D eigenvalue weighted by molar-refractivity contribution is -0.124. The maximum Gasteiger partial charge on any atom is 0.339 e. The van der Waals surface area contributed by atoms with Crippen LogP contribution >= 0.6 is 11.8 Å². The van der Waals surface area contributed by atoms with Gasteiger partial charge in [-0.3, -0.25) is 9.59 Å². The van der Waals surface area contributed by atoms with Gasteiger partial charge in [-0.15, -0.1) is 11.8 Å². The Bertz CT molecular complexity index is 1100. The Kier molecular flexibility index (Phi) is 7.92. The molecular formula is C22H24N2O6S2. The van der Waals surface area contributed by atoms with Crippen LogP contribution in [0.4, 0.5) is 5.69 Å². The van der Waals surface area contributed by atoms with Crippen LogP contribution in [0.5, 0.6) is 0 Å². The highest BCUT2D eigenvalue weighted by atomic mass is 32.2. The van der Waals surface area contributed by atoms with E-state index in [2.05, 4.69) is 10.6 Å². The average Bonchev–Trinajstić information content (AvgIpc) is 3.10. The van der Waals surface area contributed by atoms with E-state index in [1.807, 2.05) is 31.2 Å². The molecule has 0 saturated carbocycles. The summed E-state index contributed by atoms with van der Waals surface area (Å²) >= 11 is 1.19. The summed E-state index contributed by atoms with van der Waals surface area (Å²) in [6, 6.07) is 13.6. The van der Waals surface area contributed by atoms with Crippen molar-refractivity contribution in [2.45, 2.75) is 24.3 Å².